The van der Waals surface area contributed by atoms with Gasteiger partial charge in [0.05, 0.1) is 12.8 Å². The van der Waals surface area contributed by atoms with Crippen LogP contribution in [0.4, 0.5) is 4.39 Å². The summed E-state index contributed by atoms with van der Waals surface area (Å²) in [6.07, 6.45) is 3.59. The van der Waals surface area contributed by atoms with Crippen molar-refractivity contribution in [2.75, 3.05) is 33.3 Å². The SMILES string of the molecule is COc1ccc(CN2CCN(C(=O)c3ccc(-n4cccn4)cc3)CC2)cc1F. The molecule has 0 atom stereocenters. The second kappa shape index (κ2) is 8.45. The van der Waals surface area contributed by atoms with Gasteiger partial charge in [-0.05, 0) is 48.0 Å². The predicted molar refractivity (Wildman–Crippen MR) is 108 cm³/mol. The van der Waals surface area contributed by atoms with E-state index in [2.05, 4.69) is 10.00 Å². The second-order valence-electron chi connectivity index (χ2n) is 7.03. The molecule has 2 aromatic carbocycles. The number of carbonyl (C=O) groups is 1. The van der Waals surface area contributed by atoms with Gasteiger partial charge in [-0.2, -0.15) is 5.10 Å². The molecule has 1 fully saturated rings. The third-order valence-corrected chi connectivity index (χ3v) is 5.17. The summed E-state index contributed by atoms with van der Waals surface area (Å²) in [7, 11) is 1.46. The molecule has 0 aliphatic carbocycles. The van der Waals surface area contributed by atoms with Crippen LogP contribution in [0.1, 0.15) is 15.9 Å². The van der Waals surface area contributed by atoms with E-state index in [0.29, 0.717) is 25.2 Å². The van der Waals surface area contributed by atoms with E-state index in [-0.39, 0.29) is 17.5 Å². The fourth-order valence-electron chi connectivity index (χ4n) is 3.54. The van der Waals surface area contributed by atoms with Gasteiger partial charge in [-0.25, -0.2) is 9.07 Å². The Kier molecular flexibility index (Phi) is 5.57. The van der Waals surface area contributed by atoms with Crippen molar-refractivity contribution in [3.8, 4) is 11.4 Å². The van der Waals surface area contributed by atoms with Gasteiger partial charge in [-0.15, -0.1) is 0 Å². The summed E-state index contributed by atoms with van der Waals surface area (Å²) < 4.78 is 20.6. The molecule has 4 rings (SSSR count). The number of piperazine rings is 1. The van der Waals surface area contributed by atoms with E-state index in [9.17, 15) is 9.18 Å². The van der Waals surface area contributed by atoms with Gasteiger partial charge in [0.15, 0.2) is 11.6 Å². The van der Waals surface area contributed by atoms with Crippen LogP contribution in [-0.2, 0) is 6.54 Å². The molecule has 0 saturated carbocycles. The fraction of sp³-hybridized carbons (Fsp3) is 0.273. The molecule has 0 spiro atoms. The highest BCUT2D eigenvalue weighted by atomic mass is 19.1. The van der Waals surface area contributed by atoms with Crippen LogP contribution in [0.15, 0.2) is 60.9 Å². The third kappa shape index (κ3) is 4.30. The minimum atomic E-state index is -0.350. The standard InChI is InChI=1S/C22H23FN4O2/c1-29-21-8-3-17(15-20(21)23)16-25-11-13-26(14-12-25)22(28)18-4-6-19(7-5-18)27-10-2-9-24-27/h2-10,15H,11-14,16H2,1H3. The molecular formula is C22H23FN4O2. The molecule has 150 valence electrons. The van der Waals surface area contributed by atoms with Gasteiger partial charge in [0.25, 0.3) is 5.91 Å². The number of nitrogens with zero attached hydrogens (tertiary/aromatic N) is 4. The van der Waals surface area contributed by atoms with E-state index in [0.717, 1.165) is 24.3 Å². The summed E-state index contributed by atoms with van der Waals surface area (Å²) in [6.45, 7) is 3.47. The monoisotopic (exact) mass is 394 g/mol. The first-order valence-electron chi connectivity index (χ1n) is 9.58. The van der Waals surface area contributed by atoms with Crippen molar-refractivity contribution >= 4 is 5.91 Å². The number of carbonyl (C=O) groups excluding carboxylic acids is 1. The van der Waals surface area contributed by atoms with Gasteiger partial charge in [0.2, 0.25) is 0 Å². The van der Waals surface area contributed by atoms with Crippen LogP contribution >= 0.6 is 0 Å². The summed E-state index contributed by atoms with van der Waals surface area (Å²) in [5, 5.41) is 4.19. The highest BCUT2D eigenvalue weighted by Gasteiger charge is 2.22. The van der Waals surface area contributed by atoms with Crippen LogP contribution in [0.25, 0.3) is 5.69 Å². The molecule has 1 aliphatic rings. The van der Waals surface area contributed by atoms with Crippen molar-refractivity contribution in [2.45, 2.75) is 6.54 Å². The van der Waals surface area contributed by atoms with Crippen LogP contribution in [-0.4, -0.2) is 58.8 Å². The Morgan fingerprint density at radius 2 is 1.86 bits per heavy atom. The summed E-state index contributed by atoms with van der Waals surface area (Å²) >= 11 is 0. The zero-order chi connectivity index (χ0) is 20.2. The van der Waals surface area contributed by atoms with Crippen LogP contribution in [0.3, 0.4) is 0 Å². The zero-order valence-electron chi connectivity index (χ0n) is 16.3. The van der Waals surface area contributed by atoms with E-state index in [4.69, 9.17) is 4.74 Å². The topological polar surface area (TPSA) is 50.6 Å². The number of halogens is 1. The highest BCUT2D eigenvalue weighted by molar-refractivity contribution is 5.94. The maximum Gasteiger partial charge on any atom is 0.253 e. The Balaban J connectivity index is 1.33. The third-order valence-electron chi connectivity index (χ3n) is 5.17. The van der Waals surface area contributed by atoms with Gasteiger partial charge >= 0.3 is 0 Å². The van der Waals surface area contributed by atoms with E-state index < -0.39 is 0 Å². The normalized spacial score (nSPS) is 14.8. The lowest BCUT2D eigenvalue weighted by Gasteiger charge is -2.34. The van der Waals surface area contributed by atoms with E-state index in [1.807, 2.05) is 47.5 Å². The molecule has 3 aromatic rings. The van der Waals surface area contributed by atoms with Crippen LogP contribution < -0.4 is 4.74 Å². The average molecular weight is 394 g/mol. The number of ether oxygens (including phenoxy) is 1. The van der Waals surface area contributed by atoms with E-state index >= 15 is 0 Å². The van der Waals surface area contributed by atoms with E-state index in [1.54, 1.807) is 16.9 Å². The number of hydrogen-bond acceptors (Lipinski definition) is 4. The molecule has 2 heterocycles. The Bertz CT molecular complexity index is 965. The molecule has 0 radical (unpaired) electrons. The second-order valence-corrected chi connectivity index (χ2v) is 7.03. The van der Waals surface area contributed by atoms with Crippen molar-refractivity contribution in [3.05, 3.63) is 77.9 Å². The molecule has 6 nitrogen and oxygen atoms in total. The molecule has 1 aromatic heterocycles. The van der Waals surface area contributed by atoms with Gasteiger partial charge in [-0.3, -0.25) is 9.69 Å². The molecule has 7 heteroatoms. The molecule has 1 saturated heterocycles. The first kappa shape index (κ1) is 19.1. The predicted octanol–water partition coefficient (Wildman–Crippen LogP) is 2.98. The van der Waals surface area contributed by atoms with Crippen molar-refractivity contribution in [3.63, 3.8) is 0 Å². The first-order valence-corrected chi connectivity index (χ1v) is 9.58. The molecule has 0 bridgehead atoms. The van der Waals surface area contributed by atoms with Crippen molar-refractivity contribution in [1.82, 2.24) is 19.6 Å². The molecule has 0 unspecified atom stereocenters. The molecule has 29 heavy (non-hydrogen) atoms. The lowest BCUT2D eigenvalue weighted by atomic mass is 10.1. The van der Waals surface area contributed by atoms with Crippen molar-refractivity contribution in [2.24, 2.45) is 0 Å². The number of rotatable bonds is 5. The van der Waals surface area contributed by atoms with Crippen molar-refractivity contribution in [1.29, 1.82) is 0 Å². The van der Waals surface area contributed by atoms with Gasteiger partial charge in [0.1, 0.15) is 0 Å². The zero-order valence-corrected chi connectivity index (χ0v) is 16.3. The average Bonchev–Trinajstić information content (AvgIpc) is 3.29. The number of amides is 1. The van der Waals surface area contributed by atoms with Crippen molar-refractivity contribution < 1.29 is 13.9 Å². The number of hydrogen-bond donors (Lipinski definition) is 0. The summed E-state index contributed by atoms with van der Waals surface area (Å²) in [4.78, 5) is 16.9. The minimum absolute atomic E-state index is 0.0344. The van der Waals surface area contributed by atoms with Crippen LogP contribution in [0, 0.1) is 5.82 Å². The molecule has 1 amide bonds. The quantitative estimate of drug-likeness (QED) is 0.668. The maximum atomic E-state index is 13.9. The number of methoxy groups -OCH3 is 1. The lowest BCUT2D eigenvalue weighted by molar-refractivity contribution is 0.0628. The summed E-state index contributed by atoms with van der Waals surface area (Å²) in [5.41, 5.74) is 2.49. The Labute approximate surface area is 169 Å². The van der Waals surface area contributed by atoms with Crippen LogP contribution in [0.5, 0.6) is 5.75 Å². The minimum Gasteiger partial charge on any atom is -0.494 e. The van der Waals surface area contributed by atoms with Gasteiger partial charge in [0, 0.05) is 50.7 Å². The number of aromatic nitrogens is 2. The Morgan fingerprint density at radius 3 is 2.48 bits per heavy atom. The smallest absolute Gasteiger partial charge is 0.253 e. The highest BCUT2D eigenvalue weighted by Crippen LogP contribution is 2.19. The Morgan fingerprint density at radius 1 is 1.10 bits per heavy atom. The largest absolute Gasteiger partial charge is 0.494 e. The summed E-state index contributed by atoms with van der Waals surface area (Å²) in [6, 6.07) is 14.4. The molecule has 1 aliphatic heterocycles. The number of benzene rings is 2. The van der Waals surface area contributed by atoms with E-state index in [1.165, 1.54) is 13.2 Å². The van der Waals surface area contributed by atoms with Gasteiger partial charge < -0.3 is 9.64 Å². The maximum absolute atomic E-state index is 13.9. The summed E-state index contributed by atoms with van der Waals surface area (Å²) in [5.74, 6) is -0.0627. The molecule has 0 N–H and O–H groups in total. The lowest BCUT2D eigenvalue weighted by Crippen LogP contribution is -2.48. The fourth-order valence-corrected chi connectivity index (χ4v) is 3.54. The first-order chi connectivity index (χ1) is 14.1. The van der Waals surface area contributed by atoms with Crippen LogP contribution in [0.2, 0.25) is 0 Å². The van der Waals surface area contributed by atoms with Gasteiger partial charge in [-0.1, -0.05) is 6.07 Å². The molecular weight excluding hydrogens is 371 g/mol. The Hall–Kier alpha value is -3.19.